The number of hydrogen-bond donors (Lipinski definition) is 1. The van der Waals surface area contributed by atoms with Gasteiger partial charge in [0, 0.05) is 39.8 Å². The van der Waals surface area contributed by atoms with Crippen molar-refractivity contribution in [2.75, 3.05) is 59.6 Å². The predicted octanol–water partition coefficient (Wildman–Crippen LogP) is 1.13. The van der Waals surface area contributed by atoms with Crippen molar-refractivity contribution in [2.24, 2.45) is 0 Å². The molecule has 150 valence electrons. The van der Waals surface area contributed by atoms with E-state index >= 15 is 0 Å². The fourth-order valence-corrected chi connectivity index (χ4v) is 3.20. The van der Waals surface area contributed by atoms with Gasteiger partial charge in [0.15, 0.2) is 6.61 Å². The van der Waals surface area contributed by atoms with E-state index in [1.807, 2.05) is 42.5 Å². The standard InChI is InChI=1S/C21H27N3O4/c1-27-13-8-22-20(25)15-23-9-11-24(12-10-23)21(26)16-28-19-7-6-17-4-2-3-5-18(17)14-19/h2-7,14H,8-13,15-16H2,1H3,(H,22,25). The normalized spacial score (nSPS) is 14.8. The van der Waals surface area contributed by atoms with E-state index in [1.165, 1.54) is 0 Å². The second kappa shape index (κ2) is 10.1. The molecule has 0 spiro atoms. The lowest BCUT2D eigenvalue weighted by Crippen LogP contribution is -2.52. The molecule has 0 bridgehead atoms. The van der Waals surface area contributed by atoms with E-state index in [-0.39, 0.29) is 18.4 Å². The van der Waals surface area contributed by atoms with E-state index in [0.717, 1.165) is 10.8 Å². The van der Waals surface area contributed by atoms with Crippen LogP contribution in [0.4, 0.5) is 0 Å². The van der Waals surface area contributed by atoms with Crippen molar-refractivity contribution >= 4 is 22.6 Å². The highest BCUT2D eigenvalue weighted by Crippen LogP contribution is 2.20. The maximum atomic E-state index is 12.4. The Bertz CT molecular complexity index is 803. The molecule has 28 heavy (non-hydrogen) atoms. The van der Waals surface area contributed by atoms with Gasteiger partial charge < -0.3 is 19.7 Å². The van der Waals surface area contributed by atoms with Crippen molar-refractivity contribution in [1.82, 2.24) is 15.1 Å². The number of methoxy groups -OCH3 is 1. The number of carbonyl (C=O) groups is 2. The zero-order valence-corrected chi connectivity index (χ0v) is 16.2. The third-order valence-electron chi connectivity index (χ3n) is 4.80. The first kappa shape index (κ1) is 20.1. The van der Waals surface area contributed by atoms with Crippen LogP contribution in [-0.2, 0) is 14.3 Å². The quantitative estimate of drug-likeness (QED) is 0.690. The predicted molar refractivity (Wildman–Crippen MR) is 107 cm³/mol. The Kier molecular flexibility index (Phi) is 7.22. The lowest BCUT2D eigenvalue weighted by Gasteiger charge is -2.34. The number of rotatable bonds is 8. The second-order valence-corrected chi connectivity index (χ2v) is 6.80. The van der Waals surface area contributed by atoms with Crippen LogP contribution in [0.1, 0.15) is 0 Å². The maximum Gasteiger partial charge on any atom is 0.260 e. The molecule has 1 aliphatic rings. The van der Waals surface area contributed by atoms with Gasteiger partial charge in [-0.3, -0.25) is 14.5 Å². The molecular weight excluding hydrogens is 358 g/mol. The van der Waals surface area contributed by atoms with Gasteiger partial charge in [-0.1, -0.05) is 30.3 Å². The minimum Gasteiger partial charge on any atom is -0.484 e. The number of benzene rings is 2. The Morgan fingerprint density at radius 3 is 2.54 bits per heavy atom. The van der Waals surface area contributed by atoms with Crippen LogP contribution in [0.25, 0.3) is 10.8 Å². The maximum absolute atomic E-state index is 12.4. The van der Waals surface area contributed by atoms with Crippen molar-refractivity contribution in [3.05, 3.63) is 42.5 Å². The topological polar surface area (TPSA) is 71.1 Å². The average Bonchev–Trinajstić information content (AvgIpc) is 2.72. The fraction of sp³-hybridized carbons (Fsp3) is 0.429. The van der Waals surface area contributed by atoms with Gasteiger partial charge in [0.1, 0.15) is 5.75 Å². The second-order valence-electron chi connectivity index (χ2n) is 6.80. The molecule has 2 aromatic carbocycles. The van der Waals surface area contributed by atoms with Crippen molar-refractivity contribution in [3.63, 3.8) is 0 Å². The number of carbonyl (C=O) groups excluding carboxylic acids is 2. The van der Waals surface area contributed by atoms with Crippen LogP contribution in [0.3, 0.4) is 0 Å². The summed E-state index contributed by atoms with van der Waals surface area (Å²) in [5, 5.41) is 5.04. The lowest BCUT2D eigenvalue weighted by molar-refractivity contribution is -0.135. The average molecular weight is 385 g/mol. The van der Waals surface area contributed by atoms with Gasteiger partial charge >= 0.3 is 0 Å². The van der Waals surface area contributed by atoms with Crippen molar-refractivity contribution in [1.29, 1.82) is 0 Å². The number of piperazine rings is 1. The molecule has 0 atom stereocenters. The minimum atomic E-state index is -0.0302. The van der Waals surface area contributed by atoms with Crippen LogP contribution in [0.5, 0.6) is 5.75 Å². The Morgan fingerprint density at radius 1 is 1.04 bits per heavy atom. The fourth-order valence-electron chi connectivity index (χ4n) is 3.20. The molecule has 1 heterocycles. The molecule has 0 aliphatic carbocycles. The Hall–Kier alpha value is -2.64. The molecule has 1 saturated heterocycles. The lowest BCUT2D eigenvalue weighted by atomic mass is 10.1. The molecule has 1 N–H and O–H groups in total. The van der Waals surface area contributed by atoms with E-state index in [9.17, 15) is 9.59 Å². The van der Waals surface area contributed by atoms with E-state index in [1.54, 1.807) is 12.0 Å². The summed E-state index contributed by atoms with van der Waals surface area (Å²) in [5.74, 6) is 0.646. The molecule has 0 radical (unpaired) electrons. The van der Waals surface area contributed by atoms with Gasteiger partial charge in [-0.05, 0) is 22.9 Å². The minimum absolute atomic E-state index is 0.0172. The van der Waals surface area contributed by atoms with Gasteiger partial charge in [0.2, 0.25) is 5.91 Å². The molecule has 0 aromatic heterocycles. The third kappa shape index (κ3) is 5.68. The van der Waals surface area contributed by atoms with E-state index in [4.69, 9.17) is 9.47 Å². The first-order valence-electron chi connectivity index (χ1n) is 9.53. The first-order valence-corrected chi connectivity index (χ1v) is 9.53. The van der Waals surface area contributed by atoms with Crippen LogP contribution >= 0.6 is 0 Å². The Labute approximate surface area is 165 Å². The van der Waals surface area contributed by atoms with E-state index < -0.39 is 0 Å². The molecule has 1 aliphatic heterocycles. The Balaban J connectivity index is 1.40. The van der Waals surface area contributed by atoms with Crippen LogP contribution in [0.2, 0.25) is 0 Å². The zero-order valence-electron chi connectivity index (χ0n) is 16.2. The summed E-state index contributed by atoms with van der Waals surface area (Å²) in [6, 6.07) is 13.9. The number of hydrogen-bond acceptors (Lipinski definition) is 5. The van der Waals surface area contributed by atoms with E-state index in [0.29, 0.717) is 51.6 Å². The van der Waals surface area contributed by atoms with Crippen LogP contribution < -0.4 is 10.1 Å². The number of nitrogens with zero attached hydrogens (tertiary/aromatic N) is 2. The van der Waals surface area contributed by atoms with Crippen molar-refractivity contribution in [2.45, 2.75) is 0 Å². The van der Waals surface area contributed by atoms with Crippen molar-refractivity contribution in [3.8, 4) is 5.75 Å². The van der Waals surface area contributed by atoms with Crippen LogP contribution in [-0.4, -0.2) is 81.2 Å². The van der Waals surface area contributed by atoms with Crippen molar-refractivity contribution < 1.29 is 19.1 Å². The summed E-state index contributed by atoms with van der Waals surface area (Å²) < 4.78 is 10.6. The monoisotopic (exact) mass is 385 g/mol. The number of fused-ring (bicyclic) bond motifs is 1. The molecule has 7 nitrogen and oxygen atoms in total. The first-order chi connectivity index (χ1) is 13.7. The highest BCUT2D eigenvalue weighted by molar-refractivity contribution is 5.84. The molecule has 3 rings (SSSR count). The summed E-state index contributed by atoms with van der Waals surface area (Å²) in [6.07, 6.45) is 0. The van der Waals surface area contributed by atoms with Gasteiger partial charge in [-0.2, -0.15) is 0 Å². The summed E-state index contributed by atoms with van der Waals surface area (Å²) in [7, 11) is 1.60. The smallest absolute Gasteiger partial charge is 0.260 e. The van der Waals surface area contributed by atoms with E-state index in [2.05, 4.69) is 10.2 Å². The highest BCUT2D eigenvalue weighted by atomic mass is 16.5. The SMILES string of the molecule is COCCNC(=O)CN1CCN(C(=O)COc2ccc3ccccc3c2)CC1. The largest absolute Gasteiger partial charge is 0.484 e. The van der Waals surface area contributed by atoms with Crippen LogP contribution in [0.15, 0.2) is 42.5 Å². The summed E-state index contributed by atoms with van der Waals surface area (Å²) in [6.45, 7) is 3.95. The molecule has 1 fully saturated rings. The Morgan fingerprint density at radius 2 is 1.79 bits per heavy atom. The zero-order chi connectivity index (χ0) is 19.8. The molecule has 0 unspecified atom stereocenters. The summed E-state index contributed by atoms with van der Waals surface area (Å²) in [4.78, 5) is 28.1. The molecule has 7 heteroatoms. The molecule has 2 amide bonds. The van der Waals surface area contributed by atoms with Gasteiger partial charge in [0.25, 0.3) is 5.91 Å². The molecule has 0 saturated carbocycles. The number of nitrogens with one attached hydrogen (secondary N) is 1. The molecular formula is C21H27N3O4. The van der Waals surface area contributed by atoms with Gasteiger partial charge in [0.05, 0.1) is 13.2 Å². The van der Waals surface area contributed by atoms with Gasteiger partial charge in [-0.15, -0.1) is 0 Å². The summed E-state index contributed by atoms with van der Waals surface area (Å²) in [5.41, 5.74) is 0. The summed E-state index contributed by atoms with van der Waals surface area (Å²) >= 11 is 0. The van der Waals surface area contributed by atoms with Gasteiger partial charge in [-0.25, -0.2) is 0 Å². The number of amides is 2. The number of ether oxygens (including phenoxy) is 2. The highest BCUT2D eigenvalue weighted by Gasteiger charge is 2.22. The third-order valence-corrected chi connectivity index (χ3v) is 4.80. The molecule has 2 aromatic rings. The van der Waals surface area contributed by atoms with Crippen LogP contribution in [0, 0.1) is 0 Å².